The summed E-state index contributed by atoms with van der Waals surface area (Å²) in [5.41, 5.74) is 7.11. The maximum Gasteiger partial charge on any atom is 0.161 e. The van der Waals surface area contributed by atoms with Gasteiger partial charge in [0.2, 0.25) is 0 Å². The summed E-state index contributed by atoms with van der Waals surface area (Å²) in [5, 5.41) is 0.447. The Morgan fingerprint density at radius 3 is 2.48 bits per heavy atom. The first-order valence-corrected chi connectivity index (χ1v) is 7.89. The van der Waals surface area contributed by atoms with E-state index in [4.69, 9.17) is 26.8 Å². The zero-order valence-electron chi connectivity index (χ0n) is 11.8. The Morgan fingerprint density at radius 1 is 1.10 bits per heavy atom. The molecular formula is C15H16ClNO3S. The summed E-state index contributed by atoms with van der Waals surface area (Å²) in [5.74, 6) is 1.56. The Kier molecular flexibility index (Phi) is 5.09. The van der Waals surface area contributed by atoms with E-state index in [1.807, 2.05) is 6.07 Å². The molecule has 112 valence electrons. The Morgan fingerprint density at radius 2 is 1.81 bits per heavy atom. The summed E-state index contributed by atoms with van der Waals surface area (Å²) in [6.07, 6.45) is 0. The molecule has 2 aromatic carbocycles. The number of nitrogens with two attached hydrogens (primary N) is 1. The van der Waals surface area contributed by atoms with Gasteiger partial charge < -0.3 is 15.2 Å². The smallest absolute Gasteiger partial charge is 0.161 e. The van der Waals surface area contributed by atoms with Gasteiger partial charge in [-0.2, -0.15) is 0 Å². The average molecular weight is 326 g/mol. The molecule has 2 rings (SSSR count). The molecule has 0 saturated heterocycles. The third-order valence-electron chi connectivity index (χ3n) is 2.95. The lowest BCUT2D eigenvalue weighted by molar-refractivity contribution is 0.354. The lowest BCUT2D eigenvalue weighted by Gasteiger charge is -2.10. The van der Waals surface area contributed by atoms with Crippen LogP contribution in [0.25, 0.3) is 0 Å². The number of halogens is 1. The highest BCUT2D eigenvalue weighted by Crippen LogP contribution is 2.29. The van der Waals surface area contributed by atoms with Crippen molar-refractivity contribution >= 4 is 28.1 Å². The number of hydrogen-bond acceptors (Lipinski definition) is 4. The van der Waals surface area contributed by atoms with Crippen LogP contribution < -0.4 is 15.2 Å². The number of anilines is 1. The van der Waals surface area contributed by atoms with E-state index in [0.29, 0.717) is 32.9 Å². The van der Waals surface area contributed by atoms with Gasteiger partial charge in [-0.05, 0) is 35.9 Å². The third kappa shape index (κ3) is 3.68. The first-order chi connectivity index (χ1) is 10.0. The molecule has 21 heavy (non-hydrogen) atoms. The van der Waals surface area contributed by atoms with Crippen LogP contribution in [0.15, 0.2) is 41.3 Å². The van der Waals surface area contributed by atoms with Gasteiger partial charge in [-0.15, -0.1) is 0 Å². The largest absolute Gasteiger partial charge is 0.493 e. The summed E-state index contributed by atoms with van der Waals surface area (Å²) in [6.45, 7) is 0. The van der Waals surface area contributed by atoms with Gasteiger partial charge in [-0.3, -0.25) is 4.21 Å². The number of ether oxygens (including phenoxy) is 2. The molecule has 0 radical (unpaired) electrons. The van der Waals surface area contributed by atoms with Crippen LogP contribution in [-0.2, 0) is 16.6 Å². The van der Waals surface area contributed by atoms with Gasteiger partial charge in [0.05, 0.1) is 40.7 Å². The van der Waals surface area contributed by atoms with Crippen molar-refractivity contribution in [2.45, 2.75) is 10.6 Å². The summed E-state index contributed by atoms with van der Waals surface area (Å²) >= 11 is 6.07. The van der Waals surface area contributed by atoms with Crippen LogP contribution in [0.5, 0.6) is 11.5 Å². The molecule has 2 aromatic rings. The fourth-order valence-electron chi connectivity index (χ4n) is 1.89. The molecule has 0 bridgehead atoms. The SMILES string of the molecule is COc1ccc(CS(=O)c2cc(N)ccc2Cl)cc1OC. The van der Waals surface area contributed by atoms with Gasteiger partial charge in [0.15, 0.2) is 11.5 Å². The van der Waals surface area contributed by atoms with Crippen molar-refractivity contribution in [3.63, 3.8) is 0 Å². The average Bonchev–Trinajstić information content (AvgIpc) is 2.49. The summed E-state index contributed by atoms with van der Waals surface area (Å²) in [7, 11) is 1.85. The Bertz CT molecular complexity index is 676. The van der Waals surface area contributed by atoms with Crippen LogP contribution in [0, 0.1) is 0 Å². The zero-order chi connectivity index (χ0) is 15.4. The summed E-state index contributed by atoms with van der Waals surface area (Å²) in [6, 6.07) is 10.4. The fourth-order valence-corrected chi connectivity index (χ4v) is 3.46. The fraction of sp³-hybridized carbons (Fsp3) is 0.200. The maximum absolute atomic E-state index is 12.4. The predicted octanol–water partition coefficient (Wildman–Crippen LogP) is 3.25. The molecule has 0 spiro atoms. The second kappa shape index (κ2) is 6.83. The van der Waals surface area contributed by atoms with E-state index in [2.05, 4.69) is 0 Å². The van der Waals surface area contributed by atoms with E-state index < -0.39 is 10.8 Å². The van der Waals surface area contributed by atoms with Gasteiger partial charge in [0, 0.05) is 5.69 Å². The molecule has 0 aromatic heterocycles. The molecule has 2 N–H and O–H groups in total. The second-order valence-corrected chi connectivity index (χ2v) is 6.20. The molecule has 6 heteroatoms. The maximum atomic E-state index is 12.4. The molecular weight excluding hydrogens is 310 g/mol. The van der Waals surface area contributed by atoms with E-state index in [-0.39, 0.29) is 0 Å². The van der Waals surface area contributed by atoms with Crippen LogP contribution in [0.1, 0.15) is 5.56 Å². The molecule has 0 saturated carbocycles. The van der Waals surface area contributed by atoms with Crippen molar-refractivity contribution < 1.29 is 13.7 Å². The number of hydrogen-bond donors (Lipinski definition) is 1. The van der Waals surface area contributed by atoms with Crippen LogP contribution in [0.3, 0.4) is 0 Å². The molecule has 0 heterocycles. The van der Waals surface area contributed by atoms with Crippen molar-refractivity contribution in [1.82, 2.24) is 0 Å². The molecule has 4 nitrogen and oxygen atoms in total. The number of benzene rings is 2. The van der Waals surface area contributed by atoms with E-state index in [1.54, 1.807) is 44.6 Å². The third-order valence-corrected chi connectivity index (χ3v) is 4.81. The number of rotatable bonds is 5. The molecule has 0 amide bonds. The Balaban J connectivity index is 2.25. The molecule has 0 aliphatic heterocycles. The molecule has 1 atom stereocenters. The van der Waals surface area contributed by atoms with Crippen molar-refractivity contribution in [3.05, 3.63) is 47.0 Å². The van der Waals surface area contributed by atoms with Crippen LogP contribution in [0.2, 0.25) is 5.02 Å². The molecule has 0 fully saturated rings. The van der Waals surface area contributed by atoms with Crippen LogP contribution in [-0.4, -0.2) is 18.4 Å². The Hall–Kier alpha value is -1.72. The minimum absolute atomic E-state index is 0.323. The molecule has 0 aliphatic carbocycles. The van der Waals surface area contributed by atoms with Crippen molar-refractivity contribution in [3.8, 4) is 11.5 Å². The number of nitrogen functional groups attached to an aromatic ring is 1. The quantitative estimate of drug-likeness (QED) is 0.857. The normalized spacial score (nSPS) is 12.0. The first kappa shape index (κ1) is 15.7. The topological polar surface area (TPSA) is 61.5 Å². The van der Waals surface area contributed by atoms with Crippen molar-refractivity contribution in [2.24, 2.45) is 0 Å². The van der Waals surface area contributed by atoms with E-state index >= 15 is 0 Å². The molecule has 1 unspecified atom stereocenters. The van der Waals surface area contributed by atoms with E-state index in [1.165, 1.54) is 0 Å². The minimum Gasteiger partial charge on any atom is -0.493 e. The predicted molar refractivity (Wildman–Crippen MR) is 85.5 cm³/mol. The first-order valence-electron chi connectivity index (χ1n) is 6.19. The molecule has 0 aliphatic rings. The Labute approximate surface area is 131 Å². The zero-order valence-corrected chi connectivity index (χ0v) is 13.3. The van der Waals surface area contributed by atoms with Gasteiger partial charge in [-0.25, -0.2) is 0 Å². The van der Waals surface area contributed by atoms with Gasteiger partial charge in [0.1, 0.15) is 0 Å². The van der Waals surface area contributed by atoms with Crippen LogP contribution >= 0.6 is 11.6 Å². The van der Waals surface area contributed by atoms with Gasteiger partial charge in [-0.1, -0.05) is 17.7 Å². The monoisotopic (exact) mass is 325 g/mol. The highest BCUT2D eigenvalue weighted by Gasteiger charge is 2.12. The number of methoxy groups -OCH3 is 2. The van der Waals surface area contributed by atoms with E-state index in [0.717, 1.165) is 5.56 Å². The van der Waals surface area contributed by atoms with Gasteiger partial charge in [0.25, 0.3) is 0 Å². The summed E-state index contributed by atoms with van der Waals surface area (Å²) in [4.78, 5) is 0.534. The van der Waals surface area contributed by atoms with Crippen molar-refractivity contribution in [1.29, 1.82) is 0 Å². The lowest BCUT2D eigenvalue weighted by Crippen LogP contribution is -2.00. The van der Waals surface area contributed by atoms with Gasteiger partial charge >= 0.3 is 0 Å². The minimum atomic E-state index is -1.28. The highest BCUT2D eigenvalue weighted by molar-refractivity contribution is 7.84. The second-order valence-electron chi connectivity index (χ2n) is 4.37. The van der Waals surface area contributed by atoms with Crippen molar-refractivity contribution in [2.75, 3.05) is 20.0 Å². The van der Waals surface area contributed by atoms with Crippen LogP contribution in [0.4, 0.5) is 5.69 Å². The van der Waals surface area contributed by atoms with E-state index in [9.17, 15) is 4.21 Å². The summed E-state index contributed by atoms with van der Waals surface area (Å²) < 4.78 is 22.9. The highest BCUT2D eigenvalue weighted by atomic mass is 35.5. The lowest BCUT2D eigenvalue weighted by atomic mass is 10.2. The standard InChI is InChI=1S/C15H16ClNO3S/c1-19-13-6-3-10(7-14(13)20-2)9-21(18)15-8-11(17)4-5-12(15)16/h3-8H,9,17H2,1-2H3.